The minimum Gasteiger partial charge on any atom is -0.454 e. The number of hydrogen-bond acceptors (Lipinski definition) is 5. The molecule has 0 N–H and O–H groups in total. The summed E-state index contributed by atoms with van der Waals surface area (Å²) in [6.07, 6.45) is 0. The van der Waals surface area contributed by atoms with E-state index in [4.69, 9.17) is 19.4 Å². The van der Waals surface area contributed by atoms with Gasteiger partial charge in [-0.2, -0.15) is 5.26 Å². The van der Waals surface area contributed by atoms with E-state index in [1.165, 1.54) is 44.5 Å². The average molecular weight is 993 g/mol. The van der Waals surface area contributed by atoms with Crippen LogP contribution in [0.4, 0.5) is 0 Å². The van der Waals surface area contributed by atoms with Crippen LogP contribution in [0.2, 0.25) is 0 Å². The van der Waals surface area contributed by atoms with Crippen LogP contribution in [0.15, 0.2) is 247 Å². The van der Waals surface area contributed by atoms with Crippen molar-refractivity contribution in [2.24, 2.45) is 0 Å². The number of nitrogens with zero attached hydrogens (tertiary/aromatic N) is 6. The summed E-state index contributed by atoms with van der Waals surface area (Å²) in [4.78, 5) is 15.6. The van der Waals surface area contributed by atoms with Crippen LogP contribution < -0.4 is 0 Å². The molecule has 0 unspecified atom stereocenters. The number of aromatic nitrogens is 5. The van der Waals surface area contributed by atoms with Crippen LogP contribution in [0.25, 0.3) is 133 Å². The van der Waals surface area contributed by atoms with E-state index in [0.29, 0.717) is 39.8 Å². The summed E-state index contributed by atoms with van der Waals surface area (Å²) in [5.41, 5.74) is 19.2. The molecule has 7 heteroatoms. The fourth-order valence-electron chi connectivity index (χ4n) is 13.7. The van der Waals surface area contributed by atoms with Gasteiger partial charge in [0, 0.05) is 60.3 Å². The molecule has 11 aromatic carbocycles. The third kappa shape index (κ3) is 5.52. The Kier molecular flexibility index (Phi) is 8.71. The molecule has 78 heavy (non-hydrogen) atoms. The van der Waals surface area contributed by atoms with Gasteiger partial charge in [0.1, 0.15) is 5.58 Å². The molecule has 0 fully saturated rings. The predicted molar refractivity (Wildman–Crippen MR) is 313 cm³/mol. The number of rotatable bonds is 5. The lowest BCUT2D eigenvalue weighted by Crippen LogP contribution is -2.26. The van der Waals surface area contributed by atoms with Crippen LogP contribution in [0.3, 0.4) is 0 Å². The van der Waals surface area contributed by atoms with Gasteiger partial charge in [0.05, 0.1) is 44.8 Å². The number of hydrogen-bond donors (Lipinski definition) is 0. The molecule has 2 aliphatic rings. The number of fused-ring (bicyclic) bond motifs is 22. The number of nitriles is 1. The van der Waals surface area contributed by atoms with Gasteiger partial charge in [-0.15, -0.1) is 0 Å². The molecule has 4 aromatic heterocycles. The van der Waals surface area contributed by atoms with E-state index in [2.05, 4.69) is 173 Å². The molecule has 0 saturated heterocycles. The molecule has 1 spiro atoms. The first-order valence-electron chi connectivity index (χ1n) is 26.3. The molecule has 0 atom stereocenters. The van der Waals surface area contributed by atoms with Crippen LogP contribution in [0.1, 0.15) is 27.8 Å². The van der Waals surface area contributed by atoms with Gasteiger partial charge in [-0.3, -0.25) is 0 Å². The molecule has 0 saturated carbocycles. The van der Waals surface area contributed by atoms with Gasteiger partial charge in [-0.1, -0.05) is 206 Å². The zero-order chi connectivity index (χ0) is 51.2. The second-order valence-electron chi connectivity index (χ2n) is 20.4. The van der Waals surface area contributed by atoms with Crippen molar-refractivity contribution in [1.29, 1.82) is 5.26 Å². The van der Waals surface area contributed by atoms with Gasteiger partial charge in [0.15, 0.2) is 23.1 Å². The second-order valence-corrected chi connectivity index (χ2v) is 20.4. The van der Waals surface area contributed by atoms with Crippen molar-refractivity contribution < 1.29 is 4.42 Å². The molecule has 0 amide bonds. The first kappa shape index (κ1) is 42.7. The van der Waals surface area contributed by atoms with Gasteiger partial charge < -0.3 is 13.6 Å². The Labute approximate surface area is 446 Å². The van der Waals surface area contributed by atoms with E-state index >= 15 is 0 Å². The molecule has 15 aromatic rings. The van der Waals surface area contributed by atoms with Crippen LogP contribution in [0, 0.1) is 11.3 Å². The Bertz CT molecular complexity index is 5000. The third-order valence-electron chi connectivity index (χ3n) is 16.6. The summed E-state index contributed by atoms with van der Waals surface area (Å²) >= 11 is 0. The van der Waals surface area contributed by atoms with E-state index in [1.54, 1.807) is 0 Å². The number of benzene rings is 11. The minimum absolute atomic E-state index is 0.383. The van der Waals surface area contributed by atoms with E-state index in [9.17, 15) is 5.26 Å². The molecule has 360 valence electrons. The fourth-order valence-corrected chi connectivity index (χ4v) is 13.7. The summed E-state index contributed by atoms with van der Waals surface area (Å²) in [5, 5.41) is 17.9. The zero-order valence-corrected chi connectivity index (χ0v) is 41.7. The first-order valence-corrected chi connectivity index (χ1v) is 26.3. The highest BCUT2D eigenvalue weighted by Crippen LogP contribution is 2.67. The average Bonchev–Trinajstić information content (AvgIpc) is 4.46. The maximum atomic E-state index is 11.8. The van der Waals surface area contributed by atoms with Gasteiger partial charge in [0.25, 0.3) is 0 Å². The fraction of sp³-hybridized carbons (Fsp3) is 0.0141. The Balaban J connectivity index is 1.10. The lowest BCUT2D eigenvalue weighted by atomic mass is 9.69. The maximum Gasteiger partial charge on any atom is 0.166 e. The summed E-state index contributed by atoms with van der Waals surface area (Å²) < 4.78 is 12.2. The van der Waals surface area contributed by atoms with Gasteiger partial charge in [0.2, 0.25) is 0 Å². The summed E-state index contributed by atoms with van der Waals surface area (Å²) in [6.45, 7) is 0. The van der Waals surface area contributed by atoms with Crippen LogP contribution in [-0.2, 0) is 5.41 Å². The van der Waals surface area contributed by atoms with E-state index in [1.807, 2.05) is 84.9 Å². The van der Waals surface area contributed by atoms with Crippen molar-refractivity contribution in [3.63, 3.8) is 0 Å². The highest BCUT2D eigenvalue weighted by atomic mass is 16.3. The molecular weight excluding hydrogens is 953 g/mol. The van der Waals surface area contributed by atoms with Crippen molar-refractivity contribution in [1.82, 2.24) is 24.1 Å². The molecule has 2 aliphatic carbocycles. The largest absolute Gasteiger partial charge is 0.454 e. The van der Waals surface area contributed by atoms with Crippen molar-refractivity contribution in [3.8, 4) is 73.9 Å². The standard InChI is InChI=1S/C71H40N6O/c72-41-44-40-57(67-60(51-33-15-21-39-58(51)78-67)59(44)70-74-68(42-22-4-1-5-23-42)73-69(75-70)43-24-6-2-7-25-43)77-56-38-20-13-31-49(56)62-64-61(65-63(66(62)77)50-32-14-19-37-55(50)76(65)45-26-8-3-9-27-45)48-30-12-18-36-54(48)71(64)52-34-16-10-28-46(52)47-29-11-17-35-53(47)71/h1-40H. The monoisotopic (exact) mass is 992 g/mol. The van der Waals surface area contributed by atoms with Crippen molar-refractivity contribution in [2.75, 3.05) is 0 Å². The topological polar surface area (TPSA) is 85.5 Å². The smallest absolute Gasteiger partial charge is 0.166 e. The Morgan fingerprint density at radius 2 is 0.897 bits per heavy atom. The summed E-state index contributed by atoms with van der Waals surface area (Å²) in [7, 11) is 0. The van der Waals surface area contributed by atoms with E-state index in [-0.39, 0.29) is 0 Å². The van der Waals surface area contributed by atoms with Crippen molar-refractivity contribution >= 4 is 65.6 Å². The van der Waals surface area contributed by atoms with Gasteiger partial charge >= 0.3 is 0 Å². The molecule has 0 radical (unpaired) electrons. The molecular formula is C71H40N6O. The van der Waals surface area contributed by atoms with Gasteiger partial charge in [-0.05, 0) is 75.3 Å². The summed E-state index contributed by atoms with van der Waals surface area (Å²) in [5.74, 6) is 1.40. The highest BCUT2D eigenvalue weighted by molar-refractivity contribution is 6.33. The maximum absolute atomic E-state index is 11.8. The molecule has 17 rings (SSSR count). The summed E-state index contributed by atoms with van der Waals surface area (Å²) in [6, 6.07) is 88.4. The zero-order valence-electron chi connectivity index (χ0n) is 41.7. The van der Waals surface area contributed by atoms with Crippen molar-refractivity contribution in [3.05, 3.63) is 270 Å². The van der Waals surface area contributed by atoms with Crippen LogP contribution in [0.5, 0.6) is 0 Å². The van der Waals surface area contributed by atoms with E-state index in [0.717, 1.165) is 76.9 Å². The molecule has 7 nitrogen and oxygen atoms in total. The first-order chi connectivity index (χ1) is 38.7. The second kappa shape index (κ2) is 15.9. The lowest BCUT2D eigenvalue weighted by Gasteiger charge is -2.31. The lowest BCUT2D eigenvalue weighted by molar-refractivity contribution is 0.666. The highest BCUT2D eigenvalue weighted by Gasteiger charge is 2.54. The van der Waals surface area contributed by atoms with Crippen molar-refractivity contribution in [2.45, 2.75) is 5.41 Å². The quantitative estimate of drug-likeness (QED) is 0.171. The number of furan rings is 1. The molecule has 0 bridgehead atoms. The van der Waals surface area contributed by atoms with E-state index < -0.39 is 5.41 Å². The molecule has 0 aliphatic heterocycles. The SMILES string of the molecule is N#Cc1cc(-n2c3ccccc3c3c4c(c5c(c6ccccc6n5-c5ccccc5)c32)-c2ccccc2C42c3ccccc3-c3ccccc32)c2oc3ccccc3c2c1-c1nc(-c2ccccc2)nc(-c2ccccc2)n1. The normalized spacial score (nSPS) is 13.0. The minimum atomic E-state index is -0.708. The number of para-hydroxylation sites is 4. The van der Waals surface area contributed by atoms with Gasteiger partial charge in [-0.25, -0.2) is 15.0 Å². The predicted octanol–water partition coefficient (Wildman–Crippen LogP) is 17.2. The van der Waals surface area contributed by atoms with Crippen LogP contribution in [-0.4, -0.2) is 24.1 Å². The molecule has 4 heterocycles. The third-order valence-corrected chi connectivity index (χ3v) is 16.6. The Morgan fingerprint density at radius 1 is 0.410 bits per heavy atom. The Morgan fingerprint density at radius 3 is 1.53 bits per heavy atom. The van der Waals surface area contributed by atoms with Crippen LogP contribution >= 0.6 is 0 Å². The Hall–Kier alpha value is -10.7.